The molecule has 0 saturated heterocycles. The van der Waals surface area contributed by atoms with Crippen LogP contribution in [0.2, 0.25) is 0 Å². The molecule has 1 atom stereocenters. The summed E-state index contributed by atoms with van der Waals surface area (Å²) in [5, 5.41) is 0. The van der Waals surface area contributed by atoms with Crippen LogP contribution in [0.25, 0.3) is 0 Å². The number of benzene rings is 1. The first-order valence-corrected chi connectivity index (χ1v) is 8.16. The molecule has 122 valence electrons. The molecule has 0 saturated carbocycles. The second-order valence-corrected chi connectivity index (χ2v) is 5.64. The fraction of sp³-hybridized carbons (Fsp3) is 0.333. The molecule has 1 aliphatic rings. The summed E-state index contributed by atoms with van der Waals surface area (Å²) in [7, 11) is 0. The maximum Gasteiger partial charge on any atom is 0.119 e. The summed E-state index contributed by atoms with van der Waals surface area (Å²) in [5.41, 5.74) is 3.58. The Bertz CT molecular complexity index is 620. The third-order valence-corrected chi connectivity index (χ3v) is 4.30. The fourth-order valence-corrected chi connectivity index (χ4v) is 2.93. The number of hydrogen-bond acceptors (Lipinski definition) is 2. The fourth-order valence-electron chi connectivity index (χ4n) is 2.93. The van der Waals surface area contributed by atoms with Crippen LogP contribution in [0.4, 0.5) is 0 Å². The minimum Gasteiger partial charge on any atom is -0.491 e. The molecule has 2 heteroatoms. The van der Waals surface area contributed by atoms with Crippen molar-refractivity contribution in [3.05, 3.63) is 77.9 Å². The van der Waals surface area contributed by atoms with E-state index in [1.165, 1.54) is 16.7 Å². The largest absolute Gasteiger partial charge is 0.491 e. The maximum atomic E-state index is 5.70. The molecule has 0 fully saturated rings. The number of hydrogen-bond donors (Lipinski definition) is 0. The van der Waals surface area contributed by atoms with Gasteiger partial charge in [-0.3, -0.25) is 0 Å². The predicted molar refractivity (Wildman–Crippen MR) is 97.0 cm³/mol. The van der Waals surface area contributed by atoms with Gasteiger partial charge in [-0.15, -0.1) is 0 Å². The van der Waals surface area contributed by atoms with Crippen molar-refractivity contribution in [2.24, 2.45) is 0 Å². The lowest BCUT2D eigenvalue weighted by Crippen LogP contribution is -2.23. The molecule has 2 nitrogen and oxygen atoms in total. The van der Waals surface area contributed by atoms with Gasteiger partial charge in [0, 0.05) is 12.0 Å². The van der Waals surface area contributed by atoms with Crippen LogP contribution in [0.1, 0.15) is 26.3 Å². The number of allylic oxidation sites excluding steroid dienone is 7. The third-order valence-electron chi connectivity index (χ3n) is 4.30. The molecule has 0 aliphatic heterocycles. The van der Waals surface area contributed by atoms with Crippen LogP contribution >= 0.6 is 0 Å². The van der Waals surface area contributed by atoms with Crippen molar-refractivity contribution in [1.29, 1.82) is 0 Å². The average molecular weight is 310 g/mol. The van der Waals surface area contributed by atoms with Crippen molar-refractivity contribution in [3.8, 4) is 5.75 Å². The molecule has 0 spiro atoms. The summed E-state index contributed by atoms with van der Waals surface area (Å²) in [4.78, 5) is 0. The highest BCUT2D eigenvalue weighted by Crippen LogP contribution is 2.44. The van der Waals surface area contributed by atoms with Gasteiger partial charge in [-0.2, -0.15) is 0 Å². The standard InChI is InChI=1S/C21H26O2/c1-5-8-18-10-9-17(6-2)21(18,4)19-11-13-20(14-12-19)23-16-15-22-7-3/h5-6,8-14H,2,7,15-16H2,1,3-4H3/b8-5+. The Morgan fingerprint density at radius 2 is 1.78 bits per heavy atom. The highest BCUT2D eigenvalue weighted by molar-refractivity contribution is 5.59. The lowest BCUT2D eigenvalue weighted by Gasteiger charge is -2.30. The third kappa shape index (κ3) is 3.65. The molecule has 2 rings (SSSR count). The second kappa shape index (κ2) is 7.98. The molecule has 0 amide bonds. The van der Waals surface area contributed by atoms with Crippen molar-refractivity contribution in [2.45, 2.75) is 26.2 Å². The molecule has 1 aliphatic carbocycles. The van der Waals surface area contributed by atoms with Crippen molar-refractivity contribution in [1.82, 2.24) is 0 Å². The van der Waals surface area contributed by atoms with E-state index in [2.05, 4.69) is 49.9 Å². The maximum absolute atomic E-state index is 5.70. The normalized spacial score (nSPS) is 20.5. The molecule has 23 heavy (non-hydrogen) atoms. The molecule has 0 heterocycles. The lowest BCUT2D eigenvalue weighted by molar-refractivity contribution is 0.110. The molecule has 0 aromatic heterocycles. The van der Waals surface area contributed by atoms with Crippen LogP contribution in [0.5, 0.6) is 5.75 Å². The molecule has 0 radical (unpaired) electrons. The lowest BCUT2D eigenvalue weighted by atomic mass is 9.73. The van der Waals surface area contributed by atoms with Crippen molar-refractivity contribution in [3.63, 3.8) is 0 Å². The Morgan fingerprint density at radius 3 is 2.39 bits per heavy atom. The Labute approximate surface area is 139 Å². The van der Waals surface area contributed by atoms with Gasteiger partial charge in [0.05, 0.1) is 6.61 Å². The minimum atomic E-state index is -0.155. The van der Waals surface area contributed by atoms with Crippen molar-refractivity contribution < 1.29 is 9.47 Å². The van der Waals surface area contributed by atoms with Gasteiger partial charge in [0.1, 0.15) is 12.4 Å². The second-order valence-electron chi connectivity index (χ2n) is 5.64. The first kappa shape index (κ1) is 17.3. The number of rotatable bonds is 8. The van der Waals surface area contributed by atoms with Crippen LogP contribution in [-0.4, -0.2) is 19.8 Å². The molecular weight excluding hydrogens is 284 g/mol. The van der Waals surface area contributed by atoms with Gasteiger partial charge in [-0.25, -0.2) is 0 Å². The van der Waals surface area contributed by atoms with Crippen LogP contribution in [-0.2, 0) is 10.2 Å². The van der Waals surface area contributed by atoms with Gasteiger partial charge in [-0.05, 0) is 49.6 Å². The van der Waals surface area contributed by atoms with Crippen molar-refractivity contribution in [2.75, 3.05) is 19.8 Å². The average Bonchev–Trinajstić information content (AvgIpc) is 2.90. The van der Waals surface area contributed by atoms with Gasteiger partial charge in [0.25, 0.3) is 0 Å². The first-order chi connectivity index (χ1) is 11.2. The SMILES string of the molecule is C=CC1=CC=C(/C=C/C)C1(C)c1ccc(OCCOCC)cc1. The van der Waals surface area contributed by atoms with Crippen molar-refractivity contribution >= 4 is 0 Å². The van der Waals surface area contributed by atoms with E-state index in [4.69, 9.17) is 9.47 Å². The predicted octanol–water partition coefficient (Wildman–Crippen LogP) is 4.99. The van der Waals surface area contributed by atoms with Crippen LogP contribution < -0.4 is 4.74 Å². The van der Waals surface area contributed by atoms with Gasteiger partial charge in [0.2, 0.25) is 0 Å². The summed E-state index contributed by atoms with van der Waals surface area (Å²) >= 11 is 0. The van der Waals surface area contributed by atoms with E-state index in [1.807, 2.05) is 32.1 Å². The zero-order chi connectivity index (χ0) is 16.7. The van der Waals surface area contributed by atoms with Gasteiger partial charge >= 0.3 is 0 Å². The Morgan fingerprint density at radius 1 is 1.09 bits per heavy atom. The smallest absolute Gasteiger partial charge is 0.119 e. The Kier molecular flexibility index (Phi) is 6.00. The summed E-state index contributed by atoms with van der Waals surface area (Å²) < 4.78 is 11.0. The topological polar surface area (TPSA) is 18.5 Å². The van der Waals surface area contributed by atoms with E-state index in [0.717, 1.165) is 12.4 Å². The van der Waals surface area contributed by atoms with E-state index < -0.39 is 0 Å². The number of ether oxygens (including phenoxy) is 2. The van der Waals surface area contributed by atoms with Gasteiger partial charge < -0.3 is 9.47 Å². The van der Waals surface area contributed by atoms with Crippen LogP contribution in [0.3, 0.4) is 0 Å². The first-order valence-electron chi connectivity index (χ1n) is 8.16. The van der Waals surface area contributed by atoms with E-state index >= 15 is 0 Å². The van der Waals surface area contributed by atoms with Crippen LogP contribution in [0, 0.1) is 0 Å². The summed E-state index contributed by atoms with van der Waals surface area (Å²) in [6, 6.07) is 8.32. The summed E-state index contributed by atoms with van der Waals surface area (Å²) in [6.07, 6.45) is 10.5. The Hall–Kier alpha value is -2.06. The highest BCUT2D eigenvalue weighted by atomic mass is 16.5. The molecule has 0 N–H and O–H groups in total. The molecule has 1 aromatic rings. The summed E-state index contributed by atoms with van der Waals surface area (Å²) in [6.45, 7) is 12.2. The quantitative estimate of drug-likeness (QED) is 0.630. The van der Waals surface area contributed by atoms with E-state index in [9.17, 15) is 0 Å². The molecule has 0 bridgehead atoms. The molecular formula is C21H26O2. The minimum absolute atomic E-state index is 0.155. The molecule has 1 unspecified atom stereocenters. The zero-order valence-electron chi connectivity index (χ0n) is 14.3. The van der Waals surface area contributed by atoms with Gasteiger partial charge in [-0.1, -0.05) is 49.1 Å². The van der Waals surface area contributed by atoms with E-state index in [-0.39, 0.29) is 5.41 Å². The Balaban J connectivity index is 2.18. The van der Waals surface area contributed by atoms with Gasteiger partial charge in [0.15, 0.2) is 0 Å². The summed E-state index contributed by atoms with van der Waals surface area (Å²) in [5.74, 6) is 0.871. The zero-order valence-corrected chi connectivity index (χ0v) is 14.3. The molecule has 1 aromatic carbocycles. The monoisotopic (exact) mass is 310 g/mol. The van der Waals surface area contributed by atoms with E-state index in [1.54, 1.807) is 0 Å². The van der Waals surface area contributed by atoms with E-state index in [0.29, 0.717) is 13.2 Å². The van der Waals surface area contributed by atoms with Crippen LogP contribution in [0.15, 0.2) is 72.4 Å². The highest BCUT2D eigenvalue weighted by Gasteiger charge is 2.35.